The number of carbonyl (C=O) groups excluding carboxylic acids is 1. The molecule has 0 aromatic carbocycles. The smallest absolute Gasteiger partial charge is 0.433 e. The lowest BCUT2D eigenvalue weighted by Gasteiger charge is -2.19. The molecule has 0 aliphatic rings. The molecule has 3 heterocycles. The van der Waals surface area contributed by atoms with Crippen molar-refractivity contribution in [1.82, 2.24) is 25.4 Å². The lowest BCUT2D eigenvalue weighted by Crippen LogP contribution is -2.33. The number of carbonyl (C=O) groups is 1. The number of rotatable bonds is 4. The van der Waals surface area contributed by atoms with Gasteiger partial charge in [0.1, 0.15) is 17.1 Å². The fourth-order valence-corrected chi connectivity index (χ4v) is 2.34. The number of pyridine rings is 1. The van der Waals surface area contributed by atoms with E-state index in [-0.39, 0.29) is 0 Å². The Balaban J connectivity index is 1.85. The third-order valence-electron chi connectivity index (χ3n) is 3.32. The molecule has 0 saturated carbocycles. The van der Waals surface area contributed by atoms with Crippen LogP contribution in [0.2, 0.25) is 0 Å². The van der Waals surface area contributed by atoms with Gasteiger partial charge >= 0.3 is 6.09 Å². The SMILES string of the molecule is Cc1nccc(-c2cnc3[nH]ccc3c2NONC(=O)OC(C)(C)C)n1. The van der Waals surface area contributed by atoms with E-state index < -0.39 is 11.7 Å². The number of hydroxylamine groups is 1. The molecule has 3 aromatic rings. The molecule has 3 aromatic heterocycles. The molecule has 1 amide bonds. The molecule has 0 spiro atoms. The standard InChI is InChI=1S/C17H20N6O3/c1-10-18-8-6-13(21-10)12-9-20-15-11(5-7-19-15)14(12)22-26-23-16(24)25-17(2,3)4/h5-9H,1-4H3,(H,23,24)(H2,19,20,22). The fraction of sp³-hybridized carbons (Fsp3) is 0.294. The molecule has 136 valence electrons. The predicted octanol–water partition coefficient (Wildman–Crippen LogP) is 3.11. The fourth-order valence-electron chi connectivity index (χ4n) is 2.34. The summed E-state index contributed by atoms with van der Waals surface area (Å²) in [5, 5.41) is 0.782. The van der Waals surface area contributed by atoms with Crippen LogP contribution in [0.1, 0.15) is 26.6 Å². The Labute approximate surface area is 150 Å². The summed E-state index contributed by atoms with van der Waals surface area (Å²) < 4.78 is 5.12. The number of hydrogen-bond donors (Lipinski definition) is 3. The number of nitrogens with one attached hydrogen (secondary N) is 3. The van der Waals surface area contributed by atoms with E-state index in [1.807, 2.05) is 6.07 Å². The maximum absolute atomic E-state index is 11.7. The van der Waals surface area contributed by atoms with Crippen LogP contribution in [0, 0.1) is 6.92 Å². The average Bonchev–Trinajstić information content (AvgIpc) is 3.02. The quantitative estimate of drug-likeness (QED) is 0.615. The van der Waals surface area contributed by atoms with Crippen LogP contribution in [0.5, 0.6) is 0 Å². The van der Waals surface area contributed by atoms with Gasteiger partial charge in [-0.25, -0.2) is 25.2 Å². The summed E-state index contributed by atoms with van der Waals surface area (Å²) in [6.07, 6.45) is 4.39. The van der Waals surface area contributed by atoms with Gasteiger partial charge in [-0.15, -0.1) is 0 Å². The molecule has 9 heteroatoms. The number of amides is 1. The van der Waals surface area contributed by atoms with Gasteiger partial charge in [0.15, 0.2) is 0 Å². The second-order valence-corrected chi connectivity index (χ2v) is 6.58. The summed E-state index contributed by atoms with van der Waals surface area (Å²) >= 11 is 0. The summed E-state index contributed by atoms with van der Waals surface area (Å²) in [5.41, 5.74) is 6.97. The van der Waals surface area contributed by atoms with Crippen LogP contribution >= 0.6 is 0 Å². The molecule has 26 heavy (non-hydrogen) atoms. The summed E-state index contributed by atoms with van der Waals surface area (Å²) in [6, 6.07) is 3.62. The lowest BCUT2D eigenvalue weighted by molar-refractivity contribution is 0.00820. The van der Waals surface area contributed by atoms with E-state index in [0.29, 0.717) is 28.4 Å². The average molecular weight is 356 g/mol. The van der Waals surface area contributed by atoms with Crippen molar-refractivity contribution < 1.29 is 14.5 Å². The first-order chi connectivity index (χ1) is 12.3. The van der Waals surface area contributed by atoms with Gasteiger partial charge < -0.3 is 9.72 Å². The van der Waals surface area contributed by atoms with E-state index in [2.05, 4.69) is 30.9 Å². The van der Waals surface area contributed by atoms with Crippen LogP contribution in [0.3, 0.4) is 0 Å². The van der Waals surface area contributed by atoms with Crippen molar-refractivity contribution in [2.45, 2.75) is 33.3 Å². The van der Waals surface area contributed by atoms with Gasteiger partial charge in [-0.05, 0) is 39.8 Å². The highest BCUT2D eigenvalue weighted by Gasteiger charge is 2.17. The lowest BCUT2D eigenvalue weighted by atomic mass is 10.1. The van der Waals surface area contributed by atoms with E-state index >= 15 is 0 Å². The number of anilines is 1. The maximum Gasteiger partial charge on any atom is 0.433 e. The third kappa shape index (κ3) is 4.06. The zero-order valence-electron chi connectivity index (χ0n) is 15.0. The van der Waals surface area contributed by atoms with E-state index in [9.17, 15) is 4.79 Å². The monoisotopic (exact) mass is 356 g/mol. The molecule has 3 rings (SSSR count). The minimum absolute atomic E-state index is 0.602. The van der Waals surface area contributed by atoms with Gasteiger partial charge in [0.25, 0.3) is 0 Å². The van der Waals surface area contributed by atoms with Gasteiger partial charge in [-0.1, -0.05) is 0 Å². The second kappa shape index (κ2) is 6.96. The minimum Gasteiger partial charge on any atom is -0.442 e. The Bertz CT molecular complexity index is 932. The Morgan fingerprint density at radius 3 is 2.77 bits per heavy atom. The van der Waals surface area contributed by atoms with E-state index in [1.165, 1.54) is 0 Å². The van der Waals surface area contributed by atoms with Gasteiger partial charge in [0, 0.05) is 29.5 Å². The Morgan fingerprint density at radius 1 is 1.23 bits per heavy atom. The zero-order valence-corrected chi connectivity index (χ0v) is 15.0. The Kier molecular flexibility index (Phi) is 4.72. The summed E-state index contributed by atoms with van der Waals surface area (Å²) in [5.74, 6) is 0.635. The topological polar surface area (TPSA) is 114 Å². The highest BCUT2D eigenvalue weighted by atomic mass is 16.8. The maximum atomic E-state index is 11.7. The van der Waals surface area contributed by atoms with Gasteiger partial charge in [-0.2, -0.15) is 10.4 Å². The van der Waals surface area contributed by atoms with E-state index in [4.69, 9.17) is 9.68 Å². The first-order valence-electron chi connectivity index (χ1n) is 8.00. The van der Waals surface area contributed by atoms with Crippen molar-refractivity contribution in [3.05, 3.63) is 36.5 Å². The van der Waals surface area contributed by atoms with Crippen LogP contribution in [-0.2, 0) is 9.68 Å². The number of aromatic nitrogens is 4. The van der Waals surface area contributed by atoms with Crippen LogP contribution in [0.25, 0.3) is 22.3 Å². The summed E-state index contributed by atoms with van der Waals surface area (Å²) in [4.78, 5) is 32.8. The number of aromatic amines is 1. The summed E-state index contributed by atoms with van der Waals surface area (Å²) in [7, 11) is 0. The van der Waals surface area contributed by atoms with Crippen LogP contribution in [-0.4, -0.2) is 31.6 Å². The van der Waals surface area contributed by atoms with E-state index in [1.54, 1.807) is 52.4 Å². The molecular formula is C17H20N6O3. The molecule has 3 N–H and O–H groups in total. The number of hydrogen-bond acceptors (Lipinski definition) is 7. The molecule has 0 saturated heterocycles. The van der Waals surface area contributed by atoms with Crippen molar-refractivity contribution in [2.75, 3.05) is 5.48 Å². The molecule has 0 atom stereocenters. The first kappa shape index (κ1) is 17.6. The predicted molar refractivity (Wildman–Crippen MR) is 95.9 cm³/mol. The summed E-state index contributed by atoms with van der Waals surface area (Å²) in [6.45, 7) is 7.10. The number of H-pyrrole nitrogens is 1. The van der Waals surface area contributed by atoms with Gasteiger partial charge in [0.2, 0.25) is 0 Å². The number of ether oxygens (including phenoxy) is 1. The van der Waals surface area contributed by atoms with Gasteiger partial charge in [0.05, 0.1) is 11.4 Å². The molecule has 0 aliphatic heterocycles. The molecule has 0 fully saturated rings. The molecule has 0 unspecified atom stereocenters. The molecule has 0 bridgehead atoms. The van der Waals surface area contributed by atoms with E-state index in [0.717, 1.165) is 5.39 Å². The normalized spacial score (nSPS) is 11.4. The van der Waals surface area contributed by atoms with Crippen molar-refractivity contribution in [2.24, 2.45) is 0 Å². The highest BCUT2D eigenvalue weighted by Crippen LogP contribution is 2.32. The zero-order chi connectivity index (χ0) is 18.7. The molecule has 0 radical (unpaired) electrons. The Morgan fingerprint density at radius 2 is 2.04 bits per heavy atom. The molecular weight excluding hydrogens is 336 g/mol. The van der Waals surface area contributed by atoms with Gasteiger partial charge in [-0.3, -0.25) is 0 Å². The third-order valence-corrected chi connectivity index (χ3v) is 3.32. The first-order valence-corrected chi connectivity index (χ1v) is 8.00. The van der Waals surface area contributed by atoms with Crippen molar-refractivity contribution >= 4 is 22.8 Å². The minimum atomic E-state index is -0.705. The number of nitrogens with zero attached hydrogens (tertiary/aromatic N) is 3. The van der Waals surface area contributed by atoms with Crippen LogP contribution in [0.15, 0.2) is 30.7 Å². The number of fused-ring (bicyclic) bond motifs is 1. The Hall–Kier alpha value is -3.20. The van der Waals surface area contributed by atoms with Crippen molar-refractivity contribution in [3.63, 3.8) is 0 Å². The second-order valence-electron chi connectivity index (χ2n) is 6.58. The van der Waals surface area contributed by atoms with Crippen LogP contribution < -0.4 is 11.0 Å². The number of aryl methyl sites for hydroxylation is 1. The van der Waals surface area contributed by atoms with Crippen LogP contribution in [0.4, 0.5) is 10.5 Å². The molecule has 0 aliphatic carbocycles. The van der Waals surface area contributed by atoms with Crippen molar-refractivity contribution in [3.8, 4) is 11.3 Å². The highest BCUT2D eigenvalue weighted by molar-refractivity contribution is 5.97. The van der Waals surface area contributed by atoms with Crippen molar-refractivity contribution in [1.29, 1.82) is 0 Å². The molecule has 9 nitrogen and oxygen atoms in total. The largest absolute Gasteiger partial charge is 0.442 e.